The molecule has 2 aromatic carbocycles. The van der Waals surface area contributed by atoms with Gasteiger partial charge in [0.05, 0.1) is 6.10 Å². The van der Waals surface area contributed by atoms with Crippen LogP contribution < -0.4 is 26.4 Å². The van der Waals surface area contributed by atoms with Crippen LogP contribution in [0.4, 0.5) is 11.4 Å². The molecule has 0 aromatic heterocycles. The number of piperidine rings is 1. The Balaban J connectivity index is 1.52. The smallest absolute Gasteiger partial charge is 0.253 e. The molecule has 4 rings (SSSR count). The monoisotopic (exact) mass is 567 g/mol. The van der Waals surface area contributed by atoms with Crippen LogP contribution in [0.25, 0.3) is 0 Å². The first-order valence-corrected chi connectivity index (χ1v) is 16.0. The van der Waals surface area contributed by atoms with E-state index in [4.69, 9.17) is 9.47 Å². The van der Waals surface area contributed by atoms with Gasteiger partial charge in [0, 0.05) is 51.4 Å². The fourth-order valence-electron chi connectivity index (χ4n) is 6.99. The largest absolute Gasteiger partial charge is 0.385 e. The van der Waals surface area contributed by atoms with E-state index in [1.807, 2.05) is 6.07 Å². The van der Waals surface area contributed by atoms with Crippen molar-refractivity contribution in [3.05, 3.63) is 56.3 Å². The molecule has 1 heterocycles. The molecule has 0 amide bonds. The van der Waals surface area contributed by atoms with Gasteiger partial charge in [0.1, 0.15) is 11.4 Å². The number of hydrogen-bond donors (Lipinski definition) is 2. The van der Waals surface area contributed by atoms with Gasteiger partial charge >= 0.3 is 0 Å². The van der Waals surface area contributed by atoms with Gasteiger partial charge in [0.15, 0.2) is 0 Å². The molecule has 2 aromatic rings. The van der Waals surface area contributed by atoms with Crippen molar-refractivity contribution in [2.24, 2.45) is 17.3 Å². The lowest BCUT2D eigenvalue weighted by Crippen LogP contribution is -2.52. The summed E-state index contributed by atoms with van der Waals surface area (Å²) in [5.74, 6) is 1.24. The lowest BCUT2D eigenvalue weighted by atomic mass is 9.74. The van der Waals surface area contributed by atoms with Gasteiger partial charge in [-0.1, -0.05) is 83.2 Å². The molecule has 1 aliphatic heterocycles. The summed E-state index contributed by atoms with van der Waals surface area (Å²) in [5.41, 5.74) is 1.36. The molecule has 2 fully saturated rings. The van der Waals surface area contributed by atoms with Crippen molar-refractivity contribution in [3.63, 3.8) is 0 Å². The second kappa shape index (κ2) is 15.3. The number of rotatable bonds is 16. The first-order valence-electron chi connectivity index (χ1n) is 16.0. The Hall–Kier alpha value is -2.22. The van der Waals surface area contributed by atoms with Crippen molar-refractivity contribution >= 4 is 11.4 Å². The number of methoxy groups -OCH3 is 1. The van der Waals surface area contributed by atoms with Gasteiger partial charge in [0.2, 0.25) is 0 Å². The van der Waals surface area contributed by atoms with Crippen LogP contribution in [-0.4, -0.2) is 52.5 Å². The second-order valence-corrected chi connectivity index (χ2v) is 13.2. The average molecular weight is 568 g/mol. The molecule has 2 aliphatic rings. The molecule has 1 saturated heterocycles. The molecule has 41 heavy (non-hydrogen) atoms. The third-order valence-electron chi connectivity index (χ3n) is 9.08. The summed E-state index contributed by atoms with van der Waals surface area (Å²) in [6, 6.07) is 10.6. The fraction of sp³-hybridized carbons (Fsp3) is 0.706. The maximum absolute atomic E-state index is 13.1. The van der Waals surface area contributed by atoms with Gasteiger partial charge in [-0.05, 0) is 49.6 Å². The van der Waals surface area contributed by atoms with Crippen molar-refractivity contribution < 1.29 is 9.47 Å². The molecule has 7 nitrogen and oxygen atoms in total. The van der Waals surface area contributed by atoms with Gasteiger partial charge < -0.3 is 25.0 Å². The van der Waals surface area contributed by atoms with Crippen molar-refractivity contribution in [2.45, 2.75) is 90.7 Å². The van der Waals surface area contributed by atoms with E-state index in [1.165, 1.54) is 32.1 Å². The molecule has 2 N–H and O–H groups in total. The van der Waals surface area contributed by atoms with E-state index >= 15 is 0 Å². The van der Waals surface area contributed by atoms with Crippen LogP contribution in [0.5, 0.6) is 0 Å². The minimum Gasteiger partial charge on any atom is -0.385 e. The Morgan fingerprint density at radius 2 is 1.76 bits per heavy atom. The van der Waals surface area contributed by atoms with Gasteiger partial charge in [-0.25, -0.2) is 0 Å². The number of nitrogens with one attached hydrogen (secondary N) is 2. The lowest BCUT2D eigenvalue weighted by Gasteiger charge is -2.46. The highest BCUT2D eigenvalue weighted by Crippen LogP contribution is 2.45. The fourth-order valence-corrected chi connectivity index (χ4v) is 6.99. The second-order valence-electron chi connectivity index (χ2n) is 13.2. The molecule has 3 atom stereocenters. The van der Waals surface area contributed by atoms with Crippen LogP contribution in [0, 0.1) is 17.3 Å². The van der Waals surface area contributed by atoms with E-state index in [9.17, 15) is 9.59 Å². The summed E-state index contributed by atoms with van der Waals surface area (Å²) in [6.45, 7) is 11.2. The topological polar surface area (TPSA) is 79.9 Å². The molecule has 228 valence electrons. The predicted octanol–water partition coefficient (Wildman–Crippen LogP) is 5.68. The normalized spacial score (nSPS) is 21.8. The van der Waals surface area contributed by atoms with Gasteiger partial charge in [-0.15, -0.1) is 0 Å². The third-order valence-corrected chi connectivity index (χ3v) is 9.08. The highest BCUT2D eigenvalue weighted by atomic mass is 16.5. The number of ether oxygens (including phenoxy) is 2. The Labute approximate surface area is 247 Å². The van der Waals surface area contributed by atoms with Crippen LogP contribution in [-0.2, 0) is 9.47 Å². The quantitative estimate of drug-likeness (QED) is 0.200. The summed E-state index contributed by atoms with van der Waals surface area (Å²) in [6.07, 6.45) is 10.1. The highest BCUT2D eigenvalue weighted by molar-refractivity contribution is 5.75. The minimum absolute atomic E-state index is 0.106. The number of nitrogens with zero attached hydrogens (tertiary/aromatic N) is 1. The SMILES string of the molecule is COCCCO[C@@H](c1ccccc1)C1(C)CCCN(c2c(N[C@H](CNCC(C)C)CC3CCCCC3)c(=O)c2=O)C1. The molecule has 1 saturated carbocycles. The van der Waals surface area contributed by atoms with E-state index in [0.29, 0.717) is 43.0 Å². The minimum atomic E-state index is -0.361. The molecular weight excluding hydrogens is 514 g/mol. The van der Waals surface area contributed by atoms with Crippen LogP contribution in [0.2, 0.25) is 0 Å². The van der Waals surface area contributed by atoms with E-state index in [1.54, 1.807) is 7.11 Å². The third kappa shape index (κ3) is 8.42. The standard InChI is InChI=1S/C34H53N3O4/c1-25(2)22-35-23-28(21-26-13-7-5-8-14-26)36-29-30(32(39)31(29)38)37-18-11-17-34(3,24-37)33(41-20-12-19-40-4)27-15-9-6-10-16-27/h6,9-10,15-16,25-26,28,33,35-36H,5,7-8,11-14,17-24H2,1-4H3/t28-,33-,34?/m0/s1. The number of benzene rings is 1. The Kier molecular flexibility index (Phi) is 11.8. The zero-order valence-corrected chi connectivity index (χ0v) is 25.9. The molecular formula is C34H53N3O4. The van der Waals surface area contributed by atoms with Crippen molar-refractivity contribution in [1.82, 2.24) is 5.32 Å². The van der Waals surface area contributed by atoms with Crippen molar-refractivity contribution in [3.8, 4) is 0 Å². The number of anilines is 2. The van der Waals surface area contributed by atoms with E-state index < -0.39 is 0 Å². The zero-order valence-electron chi connectivity index (χ0n) is 25.9. The zero-order chi connectivity index (χ0) is 29.2. The van der Waals surface area contributed by atoms with E-state index in [-0.39, 0.29) is 28.4 Å². The summed E-state index contributed by atoms with van der Waals surface area (Å²) < 4.78 is 11.8. The maximum atomic E-state index is 13.1. The molecule has 7 heteroatoms. The molecule has 0 radical (unpaired) electrons. The van der Waals surface area contributed by atoms with Crippen LogP contribution in [0.3, 0.4) is 0 Å². The number of hydrogen-bond acceptors (Lipinski definition) is 7. The molecule has 1 unspecified atom stereocenters. The maximum Gasteiger partial charge on any atom is 0.253 e. The predicted molar refractivity (Wildman–Crippen MR) is 169 cm³/mol. The van der Waals surface area contributed by atoms with Gasteiger partial charge in [-0.2, -0.15) is 0 Å². The summed E-state index contributed by atoms with van der Waals surface area (Å²) >= 11 is 0. The first kappa shape index (κ1) is 31.7. The Bertz CT molecular complexity index is 1120. The Morgan fingerprint density at radius 3 is 2.46 bits per heavy atom. The molecule has 0 bridgehead atoms. The first-order chi connectivity index (χ1) is 19.8. The van der Waals surface area contributed by atoms with Gasteiger partial charge in [-0.3, -0.25) is 9.59 Å². The van der Waals surface area contributed by atoms with Crippen LogP contribution in [0.15, 0.2) is 39.9 Å². The summed E-state index contributed by atoms with van der Waals surface area (Å²) in [5, 5.41) is 7.20. The Morgan fingerprint density at radius 1 is 1.00 bits per heavy atom. The van der Waals surface area contributed by atoms with Crippen LogP contribution >= 0.6 is 0 Å². The summed E-state index contributed by atoms with van der Waals surface area (Å²) in [7, 11) is 1.71. The highest BCUT2D eigenvalue weighted by Gasteiger charge is 2.42. The van der Waals surface area contributed by atoms with E-state index in [0.717, 1.165) is 50.9 Å². The molecule has 1 aliphatic carbocycles. The van der Waals surface area contributed by atoms with E-state index in [2.05, 4.69) is 60.6 Å². The van der Waals surface area contributed by atoms with Crippen molar-refractivity contribution in [2.75, 3.05) is 56.7 Å². The average Bonchev–Trinajstić information content (AvgIpc) is 2.97. The summed E-state index contributed by atoms with van der Waals surface area (Å²) in [4.78, 5) is 28.3. The molecule has 0 spiro atoms. The lowest BCUT2D eigenvalue weighted by molar-refractivity contribution is -0.0473. The van der Waals surface area contributed by atoms with Crippen LogP contribution in [0.1, 0.15) is 90.2 Å². The van der Waals surface area contributed by atoms with Crippen molar-refractivity contribution in [1.29, 1.82) is 0 Å². The van der Waals surface area contributed by atoms with Gasteiger partial charge in [0.25, 0.3) is 10.9 Å².